The fourth-order valence-corrected chi connectivity index (χ4v) is 6.79. The third-order valence-electron chi connectivity index (χ3n) is 9.56. The maximum atomic E-state index is 16.2. The topological polar surface area (TPSA) is 129 Å². The van der Waals surface area contributed by atoms with Crippen molar-refractivity contribution in [1.29, 1.82) is 0 Å². The van der Waals surface area contributed by atoms with Crippen LogP contribution in [0.2, 0.25) is 0 Å². The van der Waals surface area contributed by atoms with E-state index in [2.05, 4.69) is 15.3 Å². The van der Waals surface area contributed by atoms with Gasteiger partial charge in [0, 0.05) is 18.4 Å². The van der Waals surface area contributed by atoms with Crippen LogP contribution in [0.3, 0.4) is 0 Å². The molecule has 1 saturated carbocycles. The SMILES string of the molecule is CCCC1C2CN(C(=O)C(C(C)(C)C)NC(=O)OC3CC3CCCCC(F)(F)c3nc4ccc(OC)cc4nc3O2)C1C(=O)OCC(C)C. The number of methoxy groups -OCH3 is 1. The average molecular weight is 689 g/mol. The Kier molecular flexibility index (Phi) is 10.9. The number of alkyl carbamates (subject to hydrolysis) is 1. The molecule has 2 fully saturated rings. The molecule has 1 aromatic carbocycles. The molecular weight excluding hydrogens is 638 g/mol. The summed E-state index contributed by atoms with van der Waals surface area (Å²) in [6.07, 6.45) is 0.547. The van der Waals surface area contributed by atoms with Crippen LogP contribution >= 0.6 is 0 Å². The highest BCUT2D eigenvalue weighted by molar-refractivity contribution is 5.91. The summed E-state index contributed by atoms with van der Waals surface area (Å²) in [6, 6.07) is 2.65. The predicted molar refractivity (Wildman–Crippen MR) is 177 cm³/mol. The second-order valence-corrected chi connectivity index (χ2v) is 15.1. The summed E-state index contributed by atoms with van der Waals surface area (Å²) < 4.78 is 55.4. The number of amides is 2. The summed E-state index contributed by atoms with van der Waals surface area (Å²) in [5.74, 6) is -4.93. The molecule has 6 unspecified atom stereocenters. The number of rotatable bonds is 6. The number of benzene rings is 1. The molecule has 1 aromatic heterocycles. The van der Waals surface area contributed by atoms with Gasteiger partial charge < -0.3 is 29.2 Å². The molecule has 3 heterocycles. The van der Waals surface area contributed by atoms with Gasteiger partial charge in [0.15, 0.2) is 5.69 Å². The van der Waals surface area contributed by atoms with Gasteiger partial charge in [-0.3, -0.25) is 4.79 Å². The Balaban J connectivity index is 1.62. The first kappa shape index (κ1) is 36.5. The number of carbonyl (C=O) groups excluding carboxylic acids is 3. The van der Waals surface area contributed by atoms with Gasteiger partial charge in [-0.25, -0.2) is 19.6 Å². The quantitative estimate of drug-likeness (QED) is 0.343. The molecular formula is C36H50F2N4O7. The van der Waals surface area contributed by atoms with E-state index in [1.54, 1.807) is 18.2 Å². The molecule has 0 radical (unpaired) electrons. The number of hydrogen-bond acceptors (Lipinski definition) is 9. The molecule has 3 aliphatic rings. The largest absolute Gasteiger partial charge is 0.497 e. The molecule has 49 heavy (non-hydrogen) atoms. The molecule has 13 heteroatoms. The van der Waals surface area contributed by atoms with Crippen LogP contribution in [-0.2, 0) is 25.0 Å². The minimum atomic E-state index is -3.39. The number of carbonyl (C=O) groups is 3. The Morgan fingerprint density at radius 3 is 2.55 bits per heavy atom. The van der Waals surface area contributed by atoms with E-state index >= 15 is 8.78 Å². The highest BCUT2D eigenvalue weighted by Gasteiger charge is 2.53. The predicted octanol–water partition coefficient (Wildman–Crippen LogP) is 6.41. The van der Waals surface area contributed by atoms with E-state index < -0.39 is 65.5 Å². The van der Waals surface area contributed by atoms with E-state index in [1.165, 1.54) is 12.0 Å². The second kappa shape index (κ2) is 14.6. The number of nitrogens with zero attached hydrogens (tertiary/aromatic N) is 3. The van der Waals surface area contributed by atoms with E-state index in [4.69, 9.17) is 18.9 Å². The number of fused-ring (bicyclic) bond motifs is 5. The van der Waals surface area contributed by atoms with E-state index in [1.807, 2.05) is 41.5 Å². The molecule has 11 nitrogen and oxygen atoms in total. The third kappa shape index (κ3) is 8.34. The van der Waals surface area contributed by atoms with Crippen molar-refractivity contribution in [3.8, 4) is 11.6 Å². The van der Waals surface area contributed by atoms with Crippen molar-refractivity contribution in [3.05, 3.63) is 23.9 Å². The zero-order chi connectivity index (χ0) is 35.7. The molecule has 2 aromatic rings. The van der Waals surface area contributed by atoms with Crippen molar-refractivity contribution in [2.45, 2.75) is 117 Å². The molecule has 1 N–H and O–H groups in total. The Morgan fingerprint density at radius 1 is 1.12 bits per heavy atom. The van der Waals surface area contributed by atoms with Crippen molar-refractivity contribution >= 4 is 29.0 Å². The summed E-state index contributed by atoms with van der Waals surface area (Å²) in [6.45, 7) is 11.2. The van der Waals surface area contributed by atoms with Crippen LogP contribution < -0.4 is 14.8 Å². The zero-order valence-electron chi connectivity index (χ0n) is 29.6. The van der Waals surface area contributed by atoms with E-state index in [0.29, 0.717) is 43.4 Å². The molecule has 270 valence electrons. The fraction of sp³-hybridized carbons (Fsp3) is 0.694. The van der Waals surface area contributed by atoms with Gasteiger partial charge in [0.2, 0.25) is 11.8 Å². The van der Waals surface area contributed by atoms with Gasteiger partial charge in [0.25, 0.3) is 5.92 Å². The normalized spacial score (nSPS) is 27.6. The van der Waals surface area contributed by atoms with Gasteiger partial charge in [-0.05, 0) is 55.1 Å². The van der Waals surface area contributed by atoms with Crippen molar-refractivity contribution in [1.82, 2.24) is 20.2 Å². The van der Waals surface area contributed by atoms with Gasteiger partial charge in [-0.15, -0.1) is 0 Å². The van der Waals surface area contributed by atoms with E-state index in [0.717, 1.165) is 0 Å². The number of esters is 1. The summed E-state index contributed by atoms with van der Waals surface area (Å²) >= 11 is 0. The van der Waals surface area contributed by atoms with Crippen molar-refractivity contribution in [3.63, 3.8) is 0 Å². The molecule has 5 rings (SSSR count). The highest BCUT2D eigenvalue weighted by Crippen LogP contribution is 2.43. The van der Waals surface area contributed by atoms with E-state index in [9.17, 15) is 14.4 Å². The third-order valence-corrected chi connectivity index (χ3v) is 9.56. The van der Waals surface area contributed by atoms with Gasteiger partial charge in [0.1, 0.15) is 30.0 Å². The van der Waals surface area contributed by atoms with Crippen LogP contribution in [0.5, 0.6) is 11.6 Å². The molecule has 2 aliphatic heterocycles. The van der Waals surface area contributed by atoms with Crippen LogP contribution in [0.1, 0.15) is 92.2 Å². The van der Waals surface area contributed by atoms with Crippen LogP contribution in [0, 0.1) is 23.2 Å². The first-order chi connectivity index (χ1) is 23.1. The Bertz CT molecular complexity index is 1530. The lowest BCUT2D eigenvalue weighted by Crippen LogP contribution is -2.57. The molecule has 1 saturated heterocycles. The zero-order valence-corrected chi connectivity index (χ0v) is 29.6. The molecule has 1 aliphatic carbocycles. The summed E-state index contributed by atoms with van der Waals surface area (Å²) in [5, 5.41) is 2.79. The van der Waals surface area contributed by atoms with Gasteiger partial charge in [-0.2, -0.15) is 8.78 Å². The number of nitrogens with one attached hydrogen (secondary N) is 1. The number of aromatic nitrogens is 2. The first-order valence-corrected chi connectivity index (χ1v) is 17.5. The summed E-state index contributed by atoms with van der Waals surface area (Å²) in [5.41, 5.74) is -0.797. The smallest absolute Gasteiger partial charge is 0.408 e. The highest BCUT2D eigenvalue weighted by atomic mass is 19.3. The molecule has 2 amide bonds. The lowest BCUT2D eigenvalue weighted by atomic mass is 9.85. The second-order valence-electron chi connectivity index (χ2n) is 15.1. The first-order valence-electron chi connectivity index (χ1n) is 17.5. The number of hydrogen-bond donors (Lipinski definition) is 1. The lowest BCUT2D eigenvalue weighted by Gasteiger charge is -2.35. The molecule has 0 spiro atoms. The Morgan fingerprint density at radius 2 is 1.88 bits per heavy atom. The van der Waals surface area contributed by atoms with Crippen molar-refractivity contribution < 1.29 is 42.1 Å². The lowest BCUT2D eigenvalue weighted by molar-refractivity contribution is -0.157. The monoisotopic (exact) mass is 688 g/mol. The number of halogens is 2. The fourth-order valence-electron chi connectivity index (χ4n) is 6.79. The van der Waals surface area contributed by atoms with Crippen LogP contribution in [0.4, 0.5) is 13.6 Å². The van der Waals surface area contributed by atoms with Gasteiger partial charge >= 0.3 is 12.1 Å². The molecule has 2 bridgehead atoms. The van der Waals surface area contributed by atoms with Crippen LogP contribution in [0.25, 0.3) is 11.0 Å². The Hall–Kier alpha value is -3.77. The summed E-state index contributed by atoms with van der Waals surface area (Å²) in [4.78, 5) is 51.8. The molecule has 6 atom stereocenters. The summed E-state index contributed by atoms with van der Waals surface area (Å²) in [7, 11) is 1.49. The number of ether oxygens (including phenoxy) is 4. The minimum Gasteiger partial charge on any atom is -0.497 e. The van der Waals surface area contributed by atoms with E-state index in [-0.39, 0.29) is 48.9 Å². The maximum Gasteiger partial charge on any atom is 0.408 e. The van der Waals surface area contributed by atoms with Gasteiger partial charge in [0.05, 0.1) is 31.3 Å². The standard InChI is InChI=1S/C36H50F2N4O7/c1-8-11-23-27-18-42(28(23)33(44)47-19-20(2)3)32(43)30(35(4,5)6)41-34(45)49-26-16-21(26)12-9-10-15-36(37,38)29-31(48-27)40-25-17-22(46-7)13-14-24(25)39-29/h13-14,17,20-21,23,26-28,30H,8-12,15-16,18-19H2,1-7H3,(H,41,45). The maximum absolute atomic E-state index is 16.2. The average Bonchev–Trinajstić information content (AvgIpc) is 3.68. The van der Waals surface area contributed by atoms with Crippen LogP contribution in [0.15, 0.2) is 18.2 Å². The number of alkyl halides is 2. The van der Waals surface area contributed by atoms with Crippen molar-refractivity contribution in [2.75, 3.05) is 20.3 Å². The van der Waals surface area contributed by atoms with Crippen LogP contribution in [-0.4, -0.2) is 77.4 Å². The minimum absolute atomic E-state index is 0.0356. The Labute approximate surface area is 286 Å². The van der Waals surface area contributed by atoms with Gasteiger partial charge in [-0.1, -0.05) is 54.4 Å². The van der Waals surface area contributed by atoms with Crippen molar-refractivity contribution in [2.24, 2.45) is 23.2 Å².